The smallest absolute Gasteiger partial charge is 0.176 e. The maximum atomic E-state index is 5.23. The molecule has 1 aromatic heterocycles. The third kappa shape index (κ3) is 5.11. The van der Waals surface area contributed by atoms with Gasteiger partial charge >= 0.3 is 0 Å². The van der Waals surface area contributed by atoms with Crippen LogP contribution in [-0.4, -0.2) is 60.9 Å². The van der Waals surface area contributed by atoms with Gasteiger partial charge in [0.1, 0.15) is 0 Å². The number of hydrogen-bond acceptors (Lipinski definition) is 5. The Bertz CT molecular complexity index is 362. The Labute approximate surface area is 122 Å². The summed E-state index contributed by atoms with van der Waals surface area (Å²) in [6, 6.07) is 0.0606. The van der Waals surface area contributed by atoms with Crippen LogP contribution in [0.2, 0.25) is 0 Å². The highest BCUT2D eigenvalue weighted by Gasteiger charge is 2.15. The van der Waals surface area contributed by atoms with Crippen LogP contribution < -0.4 is 5.32 Å². The zero-order valence-corrected chi connectivity index (χ0v) is 13.3. The van der Waals surface area contributed by atoms with Crippen LogP contribution in [0.5, 0.6) is 0 Å². The van der Waals surface area contributed by atoms with Gasteiger partial charge in [0.05, 0.1) is 24.5 Å². The molecule has 1 atom stereocenters. The summed E-state index contributed by atoms with van der Waals surface area (Å²) in [5.41, 5.74) is 0.983. The van der Waals surface area contributed by atoms with E-state index in [0.717, 1.165) is 31.9 Å². The molecule has 1 rings (SSSR count). The number of rotatable bonds is 10. The monoisotopic (exact) mass is 284 g/mol. The maximum Gasteiger partial charge on any atom is 0.176 e. The molecule has 0 radical (unpaired) electrons. The second-order valence-corrected chi connectivity index (χ2v) is 4.79. The van der Waals surface area contributed by atoms with Gasteiger partial charge in [-0.3, -0.25) is 4.68 Å². The van der Waals surface area contributed by atoms with Crippen LogP contribution in [0.4, 0.5) is 5.69 Å². The molecule has 1 heterocycles. The van der Waals surface area contributed by atoms with E-state index in [1.807, 2.05) is 24.0 Å². The van der Waals surface area contributed by atoms with E-state index in [1.54, 1.807) is 14.2 Å². The Morgan fingerprint density at radius 2 is 1.95 bits per heavy atom. The summed E-state index contributed by atoms with van der Waals surface area (Å²) in [6.45, 7) is 10.4. The van der Waals surface area contributed by atoms with Gasteiger partial charge in [-0.1, -0.05) is 13.8 Å². The van der Waals surface area contributed by atoms with Crippen LogP contribution in [0.1, 0.15) is 20.8 Å². The lowest BCUT2D eigenvalue weighted by molar-refractivity contribution is -0.109. The molecule has 6 nitrogen and oxygen atoms in total. The Morgan fingerprint density at radius 3 is 2.50 bits per heavy atom. The lowest BCUT2D eigenvalue weighted by Crippen LogP contribution is -2.33. The predicted molar refractivity (Wildman–Crippen MR) is 80.9 cm³/mol. The maximum absolute atomic E-state index is 5.23. The third-order valence-electron chi connectivity index (χ3n) is 3.44. The van der Waals surface area contributed by atoms with Crippen molar-refractivity contribution in [2.75, 3.05) is 39.2 Å². The first-order valence-electron chi connectivity index (χ1n) is 7.21. The zero-order chi connectivity index (χ0) is 15.0. The molecule has 6 heteroatoms. The fourth-order valence-electron chi connectivity index (χ4n) is 2.18. The summed E-state index contributed by atoms with van der Waals surface area (Å²) in [6.07, 6.45) is 3.58. The summed E-state index contributed by atoms with van der Waals surface area (Å²) in [5.74, 6) is 0. The van der Waals surface area contributed by atoms with Gasteiger partial charge in [0.2, 0.25) is 0 Å². The minimum Gasteiger partial charge on any atom is -0.375 e. The molecule has 0 saturated heterocycles. The van der Waals surface area contributed by atoms with Crippen molar-refractivity contribution in [2.24, 2.45) is 0 Å². The van der Waals surface area contributed by atoms with Gasteiger partial charge in [-0.05, 0) is 20.0 Å². The van der Waals surface area contributed by atoms with Crippen molar-refractivity contribution in [1.82, 2.24) is 14.7 Å². The fourth-order valence-corrected chi connectivity index (χ4v) is 2.18. The van der Waals surface area contributed by atoms with E-state index in [2.05, 4.69) is 29.2 Å². The van der Waals surface area contributed by atoms with Gasteiger partial charge in [0.25, 0.3) is 0 Å². The number of likely N-dealkylation sites (N-methyl/N-ethyl adjacent to an activating group) is 1. The average Bonchev–Trinajstić information content (AvgIpc) is 2.89. The molecular weight excluding hydrogens is 256 g/mol. The number of nitrogens with one attached hydrogen (secondary N) is 1. The molecule has 0 bridgehead atoms. The van der Waals surface area contributed by atoms with Crippen molar-refractivity contribution >= 4 is 5.69 Å². The highest BCUT2D eigenvalue weighted by molar-refractivity contribution is 5.39. The standard InChI is InChI=1S/C14H28N4O2/c1-6-17(7-2)8-9-18-11-13(10-15-18)16-12(3)14(19-4)20-5/h10-12,14,16H,6-9H2,1-5H3. The highest BCUT2D eigenvalue weighted by Crippen LogP contribution is 2.10. The van der Waals surface area contributed by atoms with E-state index in [0.29, 0.717) is 0 Å². The number of nitrogens with zero attached hydrogens (tertiary/aromatic N) is 3. The lowest BCUT2D eigenvalue weighted by Gasteiger charge is -2.22. The third-order valence-corrected chi connectivity index (χ3v) is 3.44. The molecule has 116 valence electrons. The van der Waals surface area contributed by atoms with E-state index in [1.165, 1.54) is 0 Å². The Morgan fingerprint density at radius 1 is 1.30 bits per heavy atom. The number of anilines is 1. The summed E-state index contributed by atoms with van der Waals surface area (Å²) in [5, 5.41) is 7.70. The van der Waals surface area contributed by atoms with E-state index < -0.39 is 0 Å². The van der Waals surface area contributed by atoms with E-state index >= 15 is 0 Å². The molecule has 1 N–H and O–H groups in total. The molecule has 1 aromatic rings. The first-order valence-corrected chi connectivity index (χ1v) is 7.21. The molecule has 0 spiro atoms. The van der Waals surface area contributed by atoms with Crippen molar-refractivity contribution in [3.05, 3.63) is 12.4 Å². The molecule has 0 aliphatic heterocycles. The minimum absolute atomic E-state index is 0.0606. The van der Waals surface area contributed by atoms with E-state index in [4.69, 9.17) is 9.47 Å². The molecule has 0 amide bonds. The summed E-state index contributed by atoms with van der Waals surface area (Å²) >= 11 is 0. The normalized spacial score (nSPS) is 13.2. The second-order valence-electron chi connectivity index (χ2n) is 4.79. The van der Waals surface area contributed by atoms with Gasteiger partial charge in [0.15, 0.2) is 6.29 Å². The first-order chi connectivity index (χ1) is 9.64. The molecule has 1 unspecified atom stereocenters. The Kier molecular flexibility index (Phi) is 7.58. The van der Waals surface area contributed by atoms with Crippen LogP contribution in [0, 0.1) is 0 Å². The van der Waals surface area contributed by atoms with E-state index in [-0.39, 0.29) is 12.3 Å². The minimum atomic E-state index is -0.269. The van der Waals surface area contributed by atoms with Gasteiger partial charge in [0, 0.05) is 27.0 Å². The van der Waals surface area contributed by atoms with Gasteiger partial charge < -0.3 is 19.7 Å². The van der Waals surface area contributed by atoms with Crippen LogP contribution in [-0.2, 0) is 16.0 Å². The summed E-state index contributed by atoms with van der Waals surface area (Å²) in [4.78, 5) is 2.38. The largest absolute Gasteiger partial charge is 0.375 e. The van der Waals surface area contributed by atoms with Crippen LogP contribution in [0.15, 0.2) is 12.4 Å². The van der Waals surface area contributed by atoms with Crippen molar-refractivity contribution in [2.45, 2.75) is 39.6 Å². The highest BCUT2D eigenvalue weighted by atomic mass is 16.7. The summed E-state index contributed by atoms with van der Waals surface area (Å²) in [7, 11) is 3.28. The SMILES string of the molecule is CCN(CC)CCn1cc(NC(C)C(OC)OC)cn1. The quantitative estimate of drug-likeness (QED) is 0.662. The molecular formula is C14H28N4O2. The number of ether oxygens (including phenoxy) is 2. The van der Waals surface area contributed by atoms with Crippen molar-refractivity contribution < 1.29 is 9.47 Å². The van der Waals surface area contributed by atoms with Crippen LogP contribution in [0.3, 0.4) is 0 Å². The topological polar surface area (TPSA) is 51.5 Å². The number of aromatic nitrogens is 2. The van der Waals surface area contributed by atoms with Crippen LogP contribution >= 0.6 is 0 Å². The summed E-state index contributed by atoms with van der Waals surface area (Å²) < 4.78 is 12.4. The number of hydrogen-bond donors (Lipinski definition) is 1. The van der Waals surface area contributed by atoms with Gasteiger partial charge in [-0.2, -0.15) is 5.10 Å². The fraction of sp³-hybridized carbons (Fsp3) is 0.786. The lowest BCUT2D eigenvalue weighted by atomic mass is 10.3. The van der Waals surface area contributed by atoms with Crippen molar-refractivity contribution in [1.29, 1.82) is 0 Å². The van der Waals surface area contributed by atoms with Crippen molar-refractivity contribution in [3.63, 3.8) is 0 Å². The van der Waals surface area contributed by atoms with Crippen molar-refractivity contribution in [3.8, 4) is 0 Å². The molecule has 0 aliphatic carbocycles. The second kappa shape index (κ2) is 8.94. The molecule has 0 saturated carbocycles. The number of methoxy groups -OCH3 is 2. The Balaban J connectivity index is 2.46. The molecule has 0 fully saturated rings. The Hall–Kier alpha value is -1.11. The van der Waals surface area contributed by atoms with E-state index in [9.17, 15) is 0 Å². The molecule has 0 aliphatic rings. The van der Waals surface area contributed by atoms with Crippen LogP contribution in [0.25, 0.3) is 0 Å². The zero-order valence-electron chi connectivity index (χ0n) is 13.3. The van der Waals surface area contributed by atoms with Gasteiger partial charge in [-0.15, -0.1) is 0 Å². The first kappa shape index (κ1) is 16.9. The predicted octanol–water partition coefficient (Wildman–Crippen LogP) is 1.64. The molecule has 0 aromatic carbocycles. The molecule has 20 heavy (non-hydrogen) atoms. The average molecular weight is 284 g/mol. The van der Waals surface area contributed by atoms with Gasteiger partial charge in [-0.25, -0.2) is 0 Å².